The molecule has 0 N–H and O–H groups in total. The van der Waals surface area contributed by atoms with Crippen LogP contribution < -0.4 is 4.90 Å². The molecule has 3 heterocycles. The summed E-state index contributed by atoms with van der Waals surface area (Å²) < 4.78 is 1.61. The molecule has 1 aliphatic carbocycles. The zero-order valence-corrected chi connectivity index (χ0v) is 18.8. The third kappa shape index (κ3) is 3.42. The number of carbonyl (C=O) groups excluding carboxylic acids is 1. The van der Waals surface area contributed by atoms with Gasteiger partial charge in [-0.1, -0.05) is 35.0 Å². The number of rotatable bonds is 5. The maximum Gasteiger partial charge on any atom is 0.278 e. The summed E-state index contributed by atoms with van der Waals surface area (Å²) in [6.07, 6.45) is 5.87. The second-order valence-electron chi connectivity index (χ2n) is 9.29. The van der Waals surface area contributed by atoms with Gasteiger partial charge >= 0.3 is 0 Å². The molecular formula is C25H26ClN5O. The smallest absolute Gasteiger partial charge is 0.278 e. The lowest BCUT2D eigenvalue weighted by atomic mass is 9.95. The van der Waals surface area contributed by atoms with Gasteiger partial charge in [0.15, 0.2) is 5.69 Å². The third-order valence-corrected chi connectivity index (χ3v) is 7.42. The van der Waals surface area contributed by atoms with E-state index in [0.29, 0.717) is 29.1 Å². The van der Waals surface area contributed by atoms with E-state index in [1.165, 1.54) is 50.9 Å². The summed E-state index contributed by atoms with van der Waals surface area (Å²) in [5.41, 5.74) is 4.66. The lowest BCUT2D eigenvalue weighted by Crippen LogP contribution is -2.39. The van der Waals surface area contributed by atoms with Gasteiger partial charge in [0.1, 0.15) is 0 Å². The van der Waals surface area contributed by atoms with Crippen molar-refractivity contribution in [1.82, 2.24) is 19.9 Å². The first-order valence-electron chi connectivity index (χ1n) is 11.5. The lowest BCUT2D eigenvalue weighted by Gasteiger charge is -2.28. The van der Waals surface area contributed by atoms with Crippen molar-refractivity contribution in [1.29, 1.82) is 0 Å². The summed E-state index contributed by atoms with van der Waals surface area (Å²) in [6, 6.07) is 16.0. The fourth-order valence-electron chi connectivity index (χ4n) is 5.23. The first kappa shape index (κ1) is 19.9. The molecule has 0 unspecified atom stereocenters. The van der Waals surface area contributed by atoms with Gasteiger partial charge in [-0.05, 0) is 74.7 Å². The van der Waals surface area contributed by atoms with E-state index in [4.69, 9.17) is 11.6 Å². The molecular weight excluding hydrogens is 422 g/mol. The molecule has 32 heavy (non-hydrogen) atoms. The maximum absolute atomic E-state index is 13.5. The van der Waals surface area contributed by atoms with E-state index in [-0.39, 0.29) is 5.91 Å². The number of aromatic nitrogens is 3. The summed E-state index contributed by atoms with van der Waals surface area (Å²) in [6.45, 7) is 4.25. The van der Waals surface area contributed by atoms with Crippen LogP contribution in [0.15, 0.2) is 48.5 Å². The van der Waals surface area contributed by atoms with Crippen molar-refractivity contribution in [3.8, 4) is 5.69 Å². The molecule has 3 aromatic rings. The number of anilines is 1. The molecule has 164 valence electrons. The Labute approximate surface area is 192 Å². The number of likely N-dealkylation sites (tertiary alicyclic amines) is 1. The average Bonchev–Trinajstić information content (AvgIpc) is 3.20. The van der Waals surface area contributed by atoms with E-state index in [1.807, 2.05) is 17.0 Å². The molecule has 0 atom stereocenters. The highest BCUT2D eigenvalue weighted by Crippen LogP contribution is 2.49. The molecule has 2 aliphatic heterocycles. The van der Waals surface area contributed by atoms with Crippen molar-refractivity contribution in [3.05, 3.63) is 70.5 Å². The highest BCUT2D eigenvalue weighted by atomic mass is 35.5. The van der Waals surface area contributed by atoms with Gasteiger partial charge < -0.3 is 9.80 Å². The predicted octanol–water partition coefficient (Wildman–Crippen LogP) is 4.25. The molecule has 0 radical (unpaired) electrons. The van der Waals surface area contributed by atoms with Crippen LogP contribution in [0.2, 0.25) is 5.02 Å². The standard InChI is InChI=1S/C25H26ClN5O/c26-19-4-3-5-21(16-19)31-23-22(27-28-31)10-15-30(24(23)32)20-8-6-18(7-9-20)25(11-12-25)17-29-13-1-2-14-29/h3-9,16H,1-2,10-15,17H2. The van der Waals surface area contributed by atoms with Gasteiger partial charge in [-0.15, -0.1) is 5.10 Å². The average molecular weight is 448 g/mol. The Bertz CT molecular complexity index is 1160. The minimum absolute atomic E-state index is 0.0674. The second-order valence-corrected chi connectivity index (χ2v) is 9.73. The van der Waals surface area contributed by atoms with Gasteiger partial charge in [0, 0.05) is 35.6 Å². The van der Waals surface area contributed by atoms with Crippen molar-refractivity contribution in [2.24, 2.45) is 0 Å². The SMILES string of the molecule is O=C1c2c(nnn2-c2cccc(Cl)c2)CCN1c1ccc(C2(CN3CCCC3)CC2)cc1. The molecule has 1 amide bonds. The van der Waals surface area contributed by atoms with Crippen LogP contribution in [0.3, 0.4) is 0 Å². The summed E-state index contributed by atoms with van der Waals surface area (Å²) >= 11 is 6.16. The summed E-state index contributed by atoms with van der Waals surface area (Å²) in [7, 11) is 0. The Morgan fingerprint density at radius 2 is 1.75 bits per heavy atom. The normalized spacial score (nSPS) is 19.9. The number of hydrogen-bond donors (Lipinski definition) is 0. The summed E-state index contributed by atoms with van der Waals surface area (Å²) in [5.74, 6) is -0.0674. The zero-order valence-electron chi connectivity index (χ0n) is 18.0. The molecule has 2 aromatic carbocycles. The van der Waals surface area contributed by atoms with E-state index >= 15 is 0 Å². The Morgan fingerprint density at radius 1 is 0.969 bits per heavy atom. The molecule has 1 saturated heterocycles. The van der Waals surface area contributed by atoms with Crippen LogP contribution in [0.4, 0.5) is 5.69 Å². The number of fused-ring (bicyclic) bond motifs is 1. The van der Waals surface area contributed by atoms with E-state index in [2.05, 4.69) is 39.5 Å². The number of benzene rings is 2. The van der Waals surface area contributed by atoms with E-state index in [1.54, 1.807) is 16.8 Å². The zero-order chi connectivity index (χ0) is 21.7. The second kappa shape index (κ2) is 7.71. The number of halogens is 1. The molecule has 3 aliphatic rings. The van der Waals surface area contributed by atoms with Crippen LogP contribution in [-0.4, -0.2) is 52.0 Å². The predicted molar refractivity (Wildman–Crippen MR) is 125 cm³/mol. The monoisotopic (exact) mass is 447 g/mol. The third-order valence-electron chi connectivity index (χ3n) is 7.18. The number of amides is 1. The maximum atomic E-state index is 13.5. The number of carbonyl (C=O) groups is 1. The fraction of sp³-hybridized carbons (Fsp3) is 0.400. The summed E-state index contributed by atoms with van der Waals surface area (Å²) in [5, 5.41) is 9.11. The van der Waals surface area contributed by atoms with Crippen molar-refractivity contribution >= 4 is 23.2 Å². The van der Waals surface area contributed by atoms with Crippen molar-refractivity contribution in [2.75, 3.05) is 31.1 Å². The topological polar surface area (TPSA) is 54.3 Å². The molecule has 1 saturated carbocycles. The molecule has 2 fully saturated rings. The largest absolute Gasteiger partial charge is 0.307 e. The van der Waals surface area contributed by atoms with Crippen LogP contribution >= 0.6 is 11.6 Å². The first-order chi connectivity index (χ1) is 15.6. The number of nitrogens with zero attached hydrogens (tertiary/aromatic N) is 5. The van der Waals surface area contributed by atoms with Crippen molar-refractivity contribution in [3.63, 3.8) is 0 Å². The van der Waals surface area contributed by atoms with Crippen LogP contribution in [0.5, 0.6) is 0 Å². The van der Waals surface area contributed by atoms with E-state index in [0.717, 1.165) is 17.1 Å². The summed E-state index contributed by atoms with van der Waals surface area (Å²) in [4.78, 5) is 17.9. The molecule has 6 rings (SSSR count). The van der Waals surface area contributed by atoms with Crippen molar-refractivity contribution in [2.45, 2.75) is 37.5 Å². The molecule has 7 heteroatoms. The lowest BCUT2D eigenvalue weighted by molar-refractivity contribution is 0.0973. The molecule has 0 bridgehead atoms. The minimum atomic E-state index is -0.0674. The van der Waals surface area contributed by atoms with E-state index in [9.17, 15) is 4.79 Å². The quantitative estimate of drug-likeness (QED) is 0.586. The Hall–Kier alpha value is -2.70. The van der Waals surface area contributed by atoms with Gasteiger partial charge in [0.05, 0.1) is 11.4 Å². The Balaban J connectivity index is 1.25. The Kier molecular flexibility index (Phi) is 4.81. The van der Waals surface area contributed by atoms with Crippen LogP contribution in [0, 0.1) is 0 Å². The van der Waals surface area contributed by atoms with Gasteiger partial charge in [-0.3, -0.25) is 4.79 Å². The van der Waals surface area contributed by atoms with Crippen LogP contribution in [0.1, 0.15) is 47.4 Å². The fourth-order valence-corrected chi connectivity index (χ4v) is 5.41. The van der Waals surface area contributed by atoms with Crippen LogP contribution in [0.25, 0.3) is 5.69 Å². The molecule has 6 nitrogen and oxygen atoms in total. The van der Waals surface area contributed by atoms with Crippen molar-refractivity contribution < 1.29 is 4.79 Å². The van der Waals surface area contributed by atoms with Gasteiger partial charge in [-0.2, -0.15) is 0 Å². The van der Waals surface area contributed by atoms with Gasteiger partial charge in [0.25, 0.3) is 5.91 Å². The van der Waals surface area contributed by atoms with Gasteiger partial charge in [0.2, 0.25) is 0 Å². The van der Waals surface area contributed by atoms with Gasteiger partial charge in [-0.25, -0.2) is 4.68 Å². The Morgan fingerprint density at radius 3 is 2.47 bits per heavy atom. The van der Waals surface area contributed by atoms with E-state index < -0.39 is 0 Å². The molecule has 0 spiro atoms. The molecule has 1 aromatic heterocycles. The highest BCUT2D eigenvalue weighted by molar-refractivity contribution is 6.30. The minimum Gasteiger partial charge on any atom is -0.307 e. The van der Waals surface area contributed by atoms with Crippen LogP contribution in [-0.2, 0) is 11.8 Å². The number of hydrogen-bond acceptors (Lipinski definition) is 4. The first-order valence-corrected chi connectivity index (χ1v) is 11.9. The highest BCUT2D eigenvalue weighted by Gasteiger charge is 2.45.